The van der Waals surface area contributed by atoms with E-state index in [4.69, 9.17) is 24.9 Å². The van der Waals surface area contributed by atoms with Gasteiger partial charge in [-0.2, -0.15) is 0 Å². The van der Waals surface area contributed by atoms with Crippen molar-refractivity contribution in [2.24, 2.45) is 0 Å². The molecule has 56 heavy (non-hydrogen) atoms. The maximum Gasteiger partial charge on any atom is 0.165 e. The summed E-state index contributed by atoms with van der Waals surface area (Å²) in [6.45, 7) is 0. The molecule has 11 aromatic rings. The van der Waals surface area contributed by atoms with Crippen LogP contribution >= 0.6 is 22.7 Å². The highest BCUT2D eigenvalue weighted by Gasteiger charge is 2.20. The first kappa shape index (κ1) is 32.5. The number of hydrogen-bond donors (Lipinski definition) is 0. The molecule has 0 aliphatic rings. The van der Waals surface area contributed by atoms with E-state index in [1.807, 2.05) is 42.5 Å². The van der Waals surface area contributed by atoms with Crippen molar-refractivity contribution < 1.29 is 0 Å². The van der Waals surface area contributed by atoms with Crippen LogP contribution in [0.1, 0.15) is 0 Å². The van der Waals surface area contributed by atoms with E-state index in [0.717, 1.165) is 70.8 Å². The van der Waals surface area contributed by atoms with Crippen LogP contribution in [0.25, 0.3) is 108 Å². The van der Waals surface area contributed by atoms with Gasteiger partial charge in [-0.3, -0.25) is 0 Å². The highest BCUT2D eigenvalue weighted by Crippen LogP contribution is 2.44. The lowest BCUT2D eigenvalue weighted by atomic mass is 10.0. The van der Waals surface area contributed by atoms with Gasteiger partial charge in [-0.15, -0.1) is 22.7 Å². The van der Waals surface area contributed by atoms with Crippen molar-refractivity contribution in [1.82, 2.24) is 24.9 Å². The fraction of sp³-hybridized carbons (Fsp3) is 0. The Morgan fingerprint density at radius 1 is 0.304 bits per heavy atom. The molecule has 0 spiro atoms. The van der Waals surface area contributed by atoms with Crippen LogP contribution in [0.15, 0.2) is 176 Å². The Labute approximate surface area is 330 Å². The van der Waals surface area contributed by atoms with Crippen LogP contribution in [0.5, 0.6) is 0 Å². The Hall–Kier alpha value is -6.93. The van der Waals surface area contributed by atoms with Crippen molar-refractivity contribution >= 4 is 63.1 Å². The Morgan fingerprint density at radius 2 is 0.875 bits per heavy atom. The van der Waals surface area contributed by atoms with E-state index in [1.165, 1.54) is 20.2 Å². The topological polar surface area (TPSA) is 64.5 Å². The van der Waals surface area contributed by atoms with Crippen molar-refractivity contribution in [3.63, 3.8) is 0 Å². The first-order chi connectivity index (χ1) is 27.7. The van der Waals surface area contributed by atoms with E-state index in [1.54, 1.807) is 22.7 Å². The molecule has 4 heterocycles. The van der Waals surface area contributed by atoms with Gasteiger partial charge in [0.15, 0.2) is 23.3 Å². The quantitative estimate of drug-likeness (QED) is 0.169. The SMILES string of the molecule is c1ccc(-c2cccc(-c3nc(-c4ccccc4)nc(-c4cccc5c4sc4cc(-c6nc(-c7ccccc7)nc7c6sc6ccccc67)ccc45)n3)c2)cc1. The Morgan fingerprint density at radius 3 is 1.64 bits per heavy atom. The largest absolute Gasteiger partial charge is 0.226 e. The zero-order valence-electron chi connectivity index (χ0n) is 29.8. The average molecular weight is 752 g/mol. The number of nitrogens with zero attached hydrogens (tertiary/aromatic N) is 5. The van der Waals surface area contributed by atoms with Crippen LogP contribution in [0, 0.1) is 0 Å². The minimum absolute atomic E-state index is 0.636. The molecule has 0 unspecified atom stereocenters. The maximum absolute atomic E-state index is 5.24. The van der Waals surface area contributed by atoms with E-state index in [0.29, 0.717) is 17.5 Å². The van der Waals surface area contributed by atoms with E-state index < -0.39 is 0 Å². The minimum atomic E-state index is 0.636. The number of aromatic nitrogens is 5. The fourth-order valence-corrected chi connectivity index (χ4v) is 9.84. The lowest BCUT2D eigenvalue weighted by Gasteiger charge is -2.10. The number of thiophene rings is 2. The van der Waals surface area contributed by atoms with Crippen molar-refractivity contribution in [3.05, 3.63) is 176 Å². The number of fused-ring (bicyclic) bond motifs is 6. The molecule has 7 heteroatoms. The second-order valence-electron chi connectivity index (χ2n) is 13.7. The lowest BCUT2D eigenvalue weighted by molar-refractivity contribution is 1.08. The first-order valence-electron chi connectivity index (χ1n) is 18.4. The van der Waals surface area contributed by atoms with Gasteiger partial charge >= 0.3 is 0 Å². The maximum atomic E-state index is 5.24. The second-order valence-corrected chi connectivity index (χ2v) is 15.8. The molecule has 0 bridgehead atoms. The Balaban J connectivity index is 1.08. The molecule has 0 radical (unpaired) electrons. The zero-order valence-corrected chi connectivity index (χ0v) is 31.4. The molecular formula is C49H29N5S2. The number of benzene rings is 7. The first-order valence-corrected chi connectivity index (χ1v) is 20.0. The van der Waals surface area contributed by atoms with Crippen molar-refractivity contribution in [1.29, 1.82) is 0 Å². The van der Waals surface area contributed by atoms with E-state index in [2.05, 4.69) is 133 Å². The van der Waals surface area contributed by atoms with Gasteiger partial charge in [0.2, 0.25) is 0 Å². The van der Waals surface area contributed by atoms with Crippen LogP contribution in [0.2, 0.25) is 0 Å². The van der Waals surface area contributed by atoms with Gasteiger partial charge in [-0.05, 0) is 35.4 Å². The van der Waals surface area contributed by atoms with Crippen LogP contribution in [-0.4, -0.2) is 24.9 Å². The second kappa shape index (κ2) is 13.4. The molecule has 7 aromatic carbocycles. The van der Waals surface area contributed by atoms with Crippen molar-refractivity contribution in [2.75, 3.05) is 0 Å². The Bertz CT molecular complexity index is 3250. The average Bonchev–Trinajstić information content (AvgIpc) is 3.85. The zero-order chi connectivity index (χ0) is 37.0. The molecule has 0 aliphatic heterocycles. The number of rotatable bonds is 6. The van der Waals surface area contributed by atoms with E-state index >= 15 is 0 Å². The summed E-state index contributed by atoms with van der Waals surface area (Å²) in [6.07, 6.45) is 0. The summed E-state index contributed by atoms with van der Waals surface area (Å²) >= 11 is 3.52. The molecular weight excluding hydrogens is 723 g/mol. The molecule has 0 saturated heterocycles. The van der Waals surface area contributed by atoms with Crippen LogP contribution in [0.4, 0.5) is 0 Å². The van der Waals surface area contributed by atoms with Gasteiger partial charge in [0.05, 0.1) is 15.9 Å². The van der Waals surface area contributed by atoms with Gasteiger partial charge in [0.1, 0.15) is 0 Å². The third kappa shape index (κ3) is 5.64. The van der Waals surface area contributed by atoms with Gasteiger partial charge in [-0.25, -0.2) is 24.9 Å². The fourth-order valence-electron chi connectivity index (χ4n) is 7.43. The predicted molar refractivity (Wildman–Crippen MR) is 234 cm³/mol. The van der Waals surface area contributed by atoms with Gasteiger partial charge in [0.25, 0.3) is 0 Å². The predicted octanol–water partition coefficient (Wildman–Crippen LogP) is 13.4. The molecule has 0 aliphatic carbocycles. The van der Waals surface area contributed by atoms with Crippen molar-refractivity contribution in [2.45, 2.75) is 0 Å². The van der Waals surface area contributed by atoms with Crippen LogP contribution in [-0.2, 0) is 0 Å². The monoisotopic (exact) mass is 751 g/mol. The lowest BCUT2D eigenvalue weighted by Crippen LogP contribution is -2.00. The molecule has 4 aromatic heterocycles. The van der Waals surface area contributed by atoms with Crippen molar-refractivity contribution in [3.8, 4) is 67.9 Å². The van der Waals surface area contributed by atoms with E-state index in [9.17, 15) is 0 Å². The summed E-state index contributed by atoms with van der Waals surface area (Å²) in [6, 6.07) is 60.9. The van der Waals surface area contributed by atoms with E-state index in [-0.39, 0.29) is 0 Å². The molecule has 0 fully saturated rings. The normalized spacial score (nSPS) is 11.6. The summed E-state index contributed by atoms with van der Waals surface area (Å²) in [5.41, 5.74) is 9.11. The third-order valence-corrected chi connectivity index (χ3v) is 12.5. The molecule has 0 atom stereocenters. The smallest absolute Gasteiger partial charge is 0.165 e. The summed E-state index contributed by atoms with van der Waals surface area (Å²) in [5, 5.41) is 3.51. The molecule has 0 amide bonds. The highest BCUT2D eigenvalue weighted by atomic mass is 32.1. The molecule has 262 valence electrons. The standard InChI is InChI=1S/C49H29N5S2/c1-4-14-30(15-5-1)33-20-12-21-35(28-33)48-52-47(32-18-8-3-9-19-32)53-49(54-48)39-24-13-23-37-36-27-26-34(29-41(36)56-44(37)39)42-45-43(38-22-10-11-25-40(38)55-45)51-46(50-42)31-16-6-2-7-17-31/h1-29H. The molecule has 5 nitrogen and oxygen atoms in total. The molecule has 0 N–H and O–H groups in total. The van der Waals surface area contributed by atoms with Crippen LogP contribution < -0.4 is 0 Å². The molecule has 0 saturated carbocycles. The van der Waals surface area contributed by atoms with Gasteiger partial charge in [0, 0.05) is 58.1 Å². The van der Waals surface area contributed by atoms with Gasteiger partial charge in [-0.1, -0.05) is 152 Å². The minimum Gasteiger partial charge on any atom is -0.226 e. The summed E-state index contributed by atoms with van der Waals surface area (Å²) in [4.78, 5) is 25.7. The number of hydrogen-bond acceptors (Lipinski definition) is 7. The van der Waals surface area contributed by atoms with Crippen LogP contribution in [0.3, 0.4) is 0 Å². The highest BCUT2D eigenvalue weighted by molar-refractivity contribution is 7.26. The molecule has 11 rings (SSSR count). The summed E-state index contributed by atoms with van der Waals surface area (Å²) < 4.78 is 4.60. The van der Waals surface area contributed by atoms with Gasteiger partial charge < -0.3 is 0 Å². The third-order valence-electron chi connectivity index (χ3n) is 10.2. The summed E-state index contributed by atoms with van der Waals surface area (Å²) in [7, 11) is 0. The Kier molecular flexibility index (Phi) is 7.79. The summed E-state index contributed by atoms with van der Waals surface area (Å²) in [5.74, 6) is 2.65.